The monoisotopic (exact) mass is 288 g/mol. The third-order valence-corrected chi connectivity index (χ3v) is 4.47. The molecule has 21 heavy (non-hydrogen) atoms. The van der Waals surface area contributed by atoms with Crippen LogP contribution in [0.5, 0.6) is 0 Å². The van der Waals surface area contributed by atoms with Crippen molar-refractivity contribution in [3.63, 3.8) is 0 Å². The second-order valence-corrected chi connectivity index (χ2v) is 6.42. The predicted octanol–water partition coefficient (Wildman–Crippen LogP) is 3.98. The minimum absolute atomic E-state index is 0.0493. The van der Waals surface area contributed by atoms with Gasteiger partial charge in [-0.15, -0.1) is 0 Å². The Bertz CT molecular complexity index is 476. The molecule has 0 unspecified atom stereocenters. The molecule has 2 rings (SSSR count). The number of carbonyl (C=O) groups is 1. The zero-order chi connectivity index (χ0) is 15.2. The van der Waals surface area contributed by atoms with Crippen LogP contribution in [0.25, 0.3) is 0 Å². The van der Waals surface area contributed by atoms with Crippen LogP contribution in [-0.4, -0.2) is 19.0 Å². The number of aryl methyl sites for hydroxylation is 1. The molecule has 0 radical (unpaired) electrons. The highest BCUT2D eigenvalue weighted by Gasteiger charge is 2.19. The van der Waals surface area contributed by atoms with Gasteiger partial charge in [-0.25, -0.2) is 0 Å². The van der Waals surface area contributed by atoms with E-state index in [-0.39, 0.29) is 5.91 Å². The molecule has 1 aromatic carbocycles. The van der Waals surface area contributed by atoms with Crippen molar-refractivity contribution in [2.45, 2.75) is 46.5 Å². The van der Waals surface area contributed by atoms with Gasteiger partial charge in [0.1, 0.15) is 0 Å². The fourth-order valence-electron chi connectivity index (χ4n) is 3.06. The Morgan fingerprint density at radius 2 is 1.95 bits per heavy atom. The van der Waals surface area contributed by atoms with Gasteiger partial charge in [0, 0.05) is 18.8 Å². The van der Waals surface area contributed by atoms with Crippen LogP contribution in [0.3, 0.4) is 0 Å². The molecule has 0 aromatic heterocycles. The van der Waals surface area contributed by atoms with Crippen LogP contribution < -0.4 is 10.6 Å². The largest absolute Gasteiger partial charge is 0.385 e. The molecular weight excluding hydrogens is 260 g/mol. The lowest BCUT2D eigenvalue weighted by molar-refractivity contribution is 0.0942. The Morgan fingerprint density at radius 3 is 2.62 bits per heavy atom. The molecule has 3 heteroatoms. The summed E-state index contributed by atoms with van der Waals surface area (Å²) in [6.45, 7) is 8.03. The molecule has 0 bridgehead atoms. The number of anilines is 1. The quantitative estimate of drug-likeness (QED) is 0.860. The molecule has 1 fully saturated rings. The van der Waals surface area contributed by atoms with Crippen molar-refractivity contribution in [1.82, 2.24) is 5.32 Å². The van der Waals surface area contributed by atoms with Crippen molar-refractivity contribution in [2.75, 3.05) is 18.4 Å². The van der Waals surface area contributed by atoms with Crippen LogP contribution in [0.4, 0.5) is 5.69 Å². The second kappa shape index (κ2) is 7.48. The van der Waals surface area contributed by atoms with Crippen molar-refractivity contribution < 1.29 is 4.79 Å². The molecule has 0 aliphatic heterocycles. The van der Waals surface area contributed by atoms with Gasteiger partial charge in [0.2, 0.25) is 0 Å². The molecule has 2 N–H and O–H groups in total. The zero-order valence-corrected chi connectivity index (χ0v) is 13.5. The molecule has 1 saturated carbocycles. The number of nitrogens with one attached hydrogen (secondary N) is 2. The Hall–Kier alpha value is -1.51. The summed E-state index contributed by atoms with van der Waals surface area (Å²) in [4.78, 5) is 12.4. The second-order valence-electron chi connectivity index (χ2n) is 6.42. The minimum atomic E-state index is 0.0493. The first-order valence-electron chi connectivity index (χ1n) is 8.22. The van der Waals surface area contributed by atoms with Crippen molar-refractivity contribution in [3.8, 4) is 0 Å². The van der Waals surface area contributed by atoms with Gasteiger partial charge >= 0.3 is 0 Å². The minimum Gasteiger partial charge on any atom is -0.385 e. The summed E-state index contributed by atoms with van der Waals surface area (Å²) >= 11 is 0. The van der Waals surface area contributed by atoms with Crippen LogP contribution in [-0.2, 0) is 0 Å². The molecule has 1 aliphatic rings. The Morgan fingerprint density at radius 1 is 1.24 bits per heavy atom. The number of hydrogen-bond acceptors (Lipinski definition) is 2. The van der Waals surface area contributed by atoms with Gasteiger partial charge in [-0.05, 0) is 50.7 Å². The summed E-state index contributed by atoms with van der Waals surface area (Å²) < 4.78 is 0. The third kappa shape index (κ3) is 4.48. The zero-order valence-electron chi connectivity index (χ0n) is 13.5. The molecule has 1 amide bonds. The normalized spacial score (nSPS) is 21.9. The molecule has 0 spiro atoms. The smallest absolute Gasteiger partial charge is 0.253 e. The number of benzene rings is 1. The van der Waals surface area contributed by atoms with Crippen LogP contribution in [0.2, 0.25) is 0 Å². The van der Waals surface area contributed by atoms with E-state index in [0.29, 0.717) is 5.92 Å². The summed E-state index contributed by atoms with van der Waals surface area (Å²) in [7, 11) is 0. The SMILES string of the molecule is CCNc1ccc(C)cc1C(=O)NCC1CCC(C)CC1. The van der Waals surface area contributed by atoms with Crippen LogP contribution in [0, 0.1) is 18.8 Å². The molecule has 1 aromatic rings. The number of rotatable bonds is 5. The van der Waals surface area contributed by atoms with E-state index in [2.05, 4.69) is 17.6 Å². The maximum atomic E-state index is 12.4. The van der Waals surface area contributed by atoms with E-state index in [0.717, 1.165) is 35.8 Å². The molecule has 0 heterocycles. The van der Waals surface area contributed by atoms with Gasteiger partial charge in [-0.1, -0.05) is 31.4 Å². The van der Waals surface area contributed by atoms with Gasteiger partial charge in [-0.3, -0.25) is 4.79 Å². The average molecular weight is 288 g/mol. The van der Waals surface area contributed by atoms with Crippen LogP contribution >= 0.6 is 0 Å². The third-order valence-electron chi connectivity index (χ3n) is 4.47. The van der Waals surface area contributed by atoms with Crippen molar-refractivity contribution in [1.29, 1.82) is 0 Å². The first-order valence-corrected chi connectivity index (χ1v) is 8.22. The summed E-state index contributed by atoms with van der Waals surface area (Å²) in [5.74, 6) is 1.56. The summed E-state index contributed by atoms with van der Waals surface area (Å²) in [5, 5.41) is 6.40. The van der Waals surface area contributed by atoms with E-state index in [1.807, 2.05) is 32.0 Å². The highest BCUT2D eigenvalue weighted by Crippen LogP contribution is 2.27. The highest BCUT2D eigenvalue weighted by molar-refractivity contribution is 5.99. The fraction of sp³-hybridized carbons (Fsp3) is 0.611. The first-order chi connectivity index (χ1) is 10.1. The standard InChI is InChI=1S/C18H28N2O/c1-4-19-17-10-7-14(3)11-16(17)18(21)20-12-15-8-5-13(2)6-9-15/h7,10-11,13,15,19H,4-6,8-9,12H2,1-3H3,(H,20,21). The van der Waals surface area contributed by atoms with Gasteiger partial charge in [-0.2, -0.15) is 0 Å². The lowest BCUT2D eigenvalue weighted by atomic mass is 9.83. The predicted molar refractivity (Wildman–Crippen MR) is 88.8 cm³/mol. The summed E-state index contributed by atoms with van der Waals surface area (Å²) in [6, 6.07) is 6.00. The number of hydrogen-bond donors (Lipinski definition) is 2. The van der Waals surface area contributed by atoms with E-state index in [4.69, 9.17) is 0 Å². The van der Waals surface area contributed by atoms with Gasteiger partial charge in [0.15, 0.2) is 0 Å². The van der Waals surface area contributed by atoms with Gasteiger partial charge in [0.05, 0.1) is 5.56 Å². The summed E-state index contributed by atoms with van der Waals surface area (Å²) in [6.07, 6.45) is 5.09. The summed E-state index contributed by atoms with van der Waals surface area (Å²) in [5.41, 5.74) is 2.81. The van der Waals surface area contributed by atoms with Crippen LogP contribution in [0.1, 0.15) is 55.5 Å². The van der Waals surface area contributed by atoms with E-state index in [1.54, 1.807) is 0 Å². The van der Waals surface area contributed by atoms with Gasteiger partial charge in [0.25, 0.3) is 5.91 Å². The molecule has 0 saturated heterocycles. The molecule has 116 valence electrons. The maximum absolute atomic E-state index is 12.4. The molecule has 0 atom stereocenters. The van der Waals surface area contributed by atoms with E-state index in [1.165, 1.54) is 25.7 Å². The van der Waals surface area contributed by atoms with Crippen molar-refractivity contribution in [2.24, 2.45) is 11.8 Å². The average Bonchev–Trinajstić information content (AvgIpc) is 2.48. The van der Waals surface area contributed by atoms with Gasteiger partial charge < -0.3 is 10.6 Å². The lowest BCUT2D eigenvalue weighted by Gasteiger charge is -2.26. The van der Waals surface area contributed by atoms with E-state index >= 15 is 0 Å². The van der Waals surface area contributed by atoms with Crippen LogP contribution in [0.15, 0.2) is 18.2 Å². The van der Waals surface area contributed by atoms with Crippen molar-refractivity contribution in [3.05, 3.63) is 29.3 Å². The Balaban J connectivity index is 1.95. The Kier molecular flexibility index (Phi) is 5.66. The van der Waals surface area contributed by atoms with E-state index in [9.17, 15) is 4.79 Å². The van der Waals surface area contributed by atoms with E-state index < -0.39 is 0 Å². The number of amides is 1. The fourth-order valence-corrected chi connectivity index (χ4v) is 3.06. The molecule has 1 aliphatic carbocycles. The number of carbonyl (C=O) groups excluding carboxylic acids is 1. The lowest BCUT2D eigenvalue weighted by Crippen LogP contribution is -2.31. The topological polar surface area (TPSA) is 41.1 Å². The maximum Gasteiger partial charge on any atom is 0.253 e. The Labute approximate surface area is 128 Å². The highest BCUT2D eigenvalue weighted by atomic mass is 16.1. The molecule has 3 nitrogen and oxygen atoms in total. The first kappa shape index (κ1) is 15.9. The molecular formula is C18H28N2O. The van der Waals surface area contributed by atoms with Crippen molar-refractivity contribution >= 4 is 11.6 Å².